The highest BCUT2D eigenvalue weighted by atomic mass is 32.1. The van der Waals surface area contributed by atoms with Crippen LogP contribution < -0.4 is 15.4 Å². The zero-order valence-electron chi connectivity index (χ0n) is 10.9. The van der Waals surface area contributed by atoms with E-state index in [0.717, 1.165) is 35.7 Å². The Kier molecular flexibility index (Phi) is 3.33. The molecule has 1 saturated carbocycles. The van der Waals surface area contributed by atoms with Crippen molar-refractivity contribution in [3.8, 4) is 5.75 Å². The molecule has 0 bridgehead atoms. The average Bonchev–Trinajstić information content (AvgIpc) is 2.79. The second-order valence-corrected chi connectivity index (χ2v) is 6.20. The molecule has 0 amide bonds. The van der Waals surface area contributed by atoms with Crippen LogP contribution in [-0.2, 0) is 0 Å². The van der Waals surface area contributed by atoms with Crippen molar-refractivity contribution in [2.45, 2.75) is 32.1 Å². The van der Waals surface area contributed by atoms with Crippen LogP contribution in [0.15, 0.2) is 0 Å². The van der Waals surface area contributed by atoms with E-state index < -0.39 is 0 Å². The number of nitrogen functional groups attached to an aromatic ring is 1. The lowest BCUT2D eigenvalue weighted by Crippen LogP contribution is -2.41. The maximum Gasteiger partial charge on any atom is 0.197 e. The van der Waals surface area contributed by atoms with Gasteiger partial charge in [-0.05, 0) is 36.2 Å². The van der Waals surface area contributed by atoms with Crippen molar-refractivity contribution in [3.63, 3.8) is 0 Å². The molecule has 4 nitrogen and oxygen atoms in total. The first-order chi connectivity index (χ1) is 8.79. The van der Waals surface area contributed by atoms with E-state index in [1.807, 2.05) is 0 Å². The van der Waals surface area contributed by atoms with Gasteiger partial charge in [-0.1, -0.05) is 19.3 Å². The topological polar surface area (TPSA) is 51.4 Å². The van der Waals surface area contributed by atoms with Gasteiger partial charge in [0, 0.05) is 13.1 Å². The summed E-state index contributed by atoms with van der Waals surface area (Å²) in [6, 6.07) is 0. The Balaban J connectivity index is 1.77. The SMILES string of the molecule is COc1c(N)nsc1N1CCC2CCCCC2C1. The molecular formula is C13H21N3OS. The van der Waals surface area contributed by atoms with Crippen molar-refractivity contribution >= 4 is 22.4 Å². The molecule has 2 fully saturated rings. The van der Waals surface area contributed by atoms with Crippen molar-refractivity contribution in [2.75, 3.05) is 30.8 Å². The third-order valence-electron chi connectivity index (χ3n) is 4.44. The molecule has 2 atom stereocenters. The fraction of sp³-hybridized carbons (Fsp3) is 0.769. The van der Waals surface area contributed by atoms with Gasteiger partial charge in [-0.2, -0.15) is 4.37 Å². The van der Waals surface area contributed by atoms with E-state index in [1.165, 1.54) is 43.6 Å². The fourth-order valence-electron chi connectivity index (χ4n) is 3.46. The number of piperidine rings is 1. The Labute approximate surface area is 112 Å². The lowest BCUT2D eigenvalue weighted by atomic mass is 9.75. The molecule has 1 aliphatic carbocycles. The van der Waals surface area contributed by atoms with Gasteiger partial charge >= 0.3 is 0 Å². The maximum atomic E-state index is 5.84. The van der Waals surface area contributed by atoms with Crippen molar-refractivity contribution in [1.82, 2.24) is 4.37 Å². The van der Waals surface area contributed by atoms with Crippen LogP contribution >= 0.6 is 11.5 Å². The van der Waals surface area contributed by atoms with Gasteiger partial charge in [0.25, 0.3) is 0 Å². The molecule has 5 heteroatoms. The Hall–Kier alpha value is -0.970. The third-order valence-corrected chi connectivity index (χ3v) is 5.34. The minimum Gasteiger partial charge on any atom is -0.490 e. The van der Waals surface area contributed by atoms with Crippen molar-refractivity contribution in [2.24, 2.45) is 11.8 Å². The molecular weight excluding hydrogens is 246 g/mol. The standard InChI is InChI=1S/C13H21N3OS/c1-17-11-12(14)15-18-13(11)16-7-6-9-4-2-3-5-10(9)8-16/h9-10H,2-8H2,1H3,(H2,14,15). The molecule has 1 saturated heterocycles. The molecule has 1 aliphatic heterocycles. The first kappa shape index (κ1) is 12.1. The smallest absolute Gasteiger partial charge is 0.197 e. The van der Waals surface area contributed by atoms with Gasteiger partial charge in [0.05, 0.1) is 7.11 Å². The molecule has 3 rings (SSSR count). The van der Waals surface area contributed by atoms with Crippen LogP contribution in [0.4, 0.5) is 10.8 Å². The molecule has 2 unspecified atom stereocenters. The van der Waals surface area contributed by atoms with Crippen LogP contribution in [0.5, 0.6) is 5.75 Å². The zero-order valence-corrected chi connectivity index (χ0v) is 11.7. The number of methoxy groups -OCH3 is 1. The first-order valence-electron chi connectivity index (χ1n) is 6.83. The number of nitrogens with zero attached hydrogens (tertiary/aromatic N) is 2. The van der Waals surface area contributed by atoms with E-state index in [9.17, 15) is 0 Å². The van der Waals surface area contributed by atoms with E-state index in [0.29, 0.717) is 5.82 Å². The first-order valence-corrected chi connectivity index (χ1v) is 7.61. The van der Waals surface area contributed by atoms with Crippen molar-refractivity contribution in [1.29, 1.82) is 0 Å². The van der Waals surface area contributed by atoms with Crippen molar-refractivity contribution in [3.05, 3.63) is 0 Å². The van der Waals surface area contributed by atoms with Crippen LogP contribution in [0.25, 0.3) is 0 Å². The van der Waals surface area contributed by atoms with E-state index in [-0.39, 0.29) is 0 Å². The highest BCUT2D eigenvalue weighted by Crippen LogP contribution is 2.43. The molecule has 0 radical (unpaired) electrons. The number of hydrogen-bond donors (Lipinski definition) is 1. The number of anilines is 2. The van der Waals surface area contributed by atoms with Crippen LogP contribution in [0.3, 0.4) is 0 Å². The van der Waals surface area contributed by atoms with Gasteiger partial charge in [-0.25, -0.2) is 0 Å². The summed E-state index contributed by atoms with van der Waals surface area (Å²) in [4.78, 5) is 2.43. The summed E-state index contributed by atoms with van der Waals surface area (Å²) in [5.74, 6) is 3.12. The van der Waals surface area contributed by atoms with Gasteiger partial charge in [0.1, 0.15) is 0 Å². The Morgan fingerprint density at radius 2 is 2.06 bits per heavy atom. The number of aromatic nitrogens is 1. The Morgan fingerprint density at radius 1 is 1.28 bits per heavy atom. The Bertz CT molecular complexity index is 420. The van der Waals surface area contributed by atoms with Gasteiger partial charge in [0.2, 0.25) is 0 Å². The summed E-state index contributed by atoms with van der Waals surface area (Å²) in [5, 5.41) is 1.12. The minimum atomic E-state index is 0.531. The monoisotopic (exact) mass is 267 g/mol. The molecule has 18 heavy (non-hydrogen) atoms. The Morgan fingerprint density at radius 3 is 2.83 bits per heavy atom. The normalized spacial score (nSPS) is 27.9. The molecule has 0 spiro atoms. The summed E-state index contributed by atoms with van der Waals surface area (Å²) in [7, 11) is 1.68. The number of ether oxygens (including phenoxy) is 1. The van der Waals surface area contributed by atoms with Gasteiger partial charge < -0.3 is 15.4 Å². The highest BCUT2D eigenvalue weighted by Gasteiger charge is 2.33. The molecule has 0 aromatic carbocycles. The number of hydrogen-bond acceptors (Lipinski definition) is 5. The van der Waals surface area contributed by atoms with Crippen LogP contribution in [0, 0.1) is 11.8 Å². The molecule has 1 aromatic heterocycles. The molecule has 1 aromatic rings. The fourth-order valence-corrected chi connectivity index (χ4v) is 4.28. The summed E-state index contributed by atoms with van der Waals surface area (Å²) in [6.07, 6.45) is 6.96. The van der Waals surface area contributed by atoms with Crippen LogP contribution in [0.2, 0.25) is 0 Å². The minimum absolute atomic E-state index is 0.531. The summed E-state index contributed by atoms with van der Waals surface area (Å²) < 4.78 is 9.61. The third kappa shape index (κ3) is 2.05. The van der Waals surface area contributed by atoms with Gasteiger partial charge in [0.15, 0.2) is 16.6 Å². The summed E-state index contributed by atoms with van der Waals surface area (Å²) in [5.41, 5.74) is 5.84. The molecule has 2 N–H and O–H groups in total. The highest BCUT2D eigenvalue weighted by molar-refractivity contribution is 7.11. The van der Waals surface area contributed by atoms with E-state index in [4.69, 9.17) is 10.5 Å². The van der Waals surface area contributed by atoms with Gasteiger partial charge in [-0.3, -0.25) is 0 Å². The van der Waals surface area contributed by atoms with E-state index in [1.54, 1.807) is 7.11 Å². The molecule has 2 aliphatic rings. The predicted octanol–water partition coefficient (Wildman–Crippen LogP) is 2.75. The average molecular weight is 267 g/mol. The lowest BCUT2D eigenvalue weighted by molar-refractivity contribution is 0.202. The quantitative estimate of drug-likeness (QED) is 0.895. The van der Waals surface area contributed by atoms with Crippen LogP contribution in [-0.4, -0.2) is 24.6 Å². The predicted molar refractivity (Wildman–Crippen MR) is 75.4 cm³/mol. The van der Waals surface area contributed by atoms with E-state index in [2.05, 4.69) is 9.27 Å². The summed E-state index contributed by atoms with van der Waals surface area (Å²) >= 11 is 1.47. The van der Waals surface area contributed by atoms with Crippen LogP contribution in [0.1, 0.15) is 32.1 Å². The number of fused-ring (bicyclic) bond motifs is 1. The molecule has 100 valence electrons. The second-order valence-electron chi connectivity index (χ2n) is 5.45. The molecule has 2 heterocycles. The van der Waals surface area contributed by atoms with E-state index >= 15 is 0 Å². The number of rotatable bonds is 2. The lowest BCUT2D eigenvalue weighted by Gasteiger charge is -2.41. The number of nitrogens with two attached hydrogens (primary N) is 1. The zero-order chi connectivity index (χ0) is 12.5. The van der Waals surface area contributed by atoms with Crippen molar-refractivity contribution < 1.29 is 4.74 Å². The largest absolute Gasteiger partial charge is 0.490 e. The second kappa shape index (κ2) is 4.96. The maximum absolute atomic E-state index is 5.84. The summed E-state index contributed by atoms with van der Waals surface area (Å²) in [6.45, 7) is 2.28. The van der Waals surface area contributed by atoms with Gasteiger partial charge in [-0.15, -0.1) is 0 Å².